The van der Waals surface area contributed by atoms with Crippen molar-refractivity contribution < 1.29 is 33.4 Å². The minimum atomic E-state index is -0.904. The number of nitrogens with zero attached hydrogens (tertiary/aromatic N) is 4. The molecule has 0 spiro atoms. The van der Waals surface area contributed by atoms with Crippen LogP contribution in [0.4, 0.5) is 15.3 Å². The molecule has 3 aromatic carbocycles. The van der Waals surface area contributed by atoms with Crippen LogP contribution >= 0.6 is 0 Å². The van der Waals surface area contributed by atoms with Crippen LogP contribution < -0.4 is 21.3 Å². The number of benzene rings is 3. The Morgan fingerprint density at radius 1 is 0.841 bits per heavy atom. The van der Waals surface area contributed by atoms with Crippen molar-refractivity contribution >= 4 is 35.6 Å². The fraction of sp³-hybridized carbons (Fsp3) is 0.489. The maximum atomic E-state index is 14.1. The summed E-state index contributed by atoms with van der Waals surface area (Å²) < 4.78 is 10.9. The predicted molar refractivity (Wildman–Crippen MR) is 236 cm³/mol. The fourth-order valence-electron chi connectivity index (χ4n) is 8.51. The van der Waals surface area contributed by atoms with Gasteiger partial charge >= 0.3 is 12.2 Å². The first-order valence-corrected chi connectivity index (χ1v) is 21.8. The van der Waals surface area contributed by atoms with Gasteiger partial charge in [-0.2, -0.15) is 5.21 Å². The minimum absolute atomic E-state index is 0.00200. The number of H-pyrrole nitrogens is 1. The molecule has 1 saturated heterocycles. The van der Waals surface area contributed by atoms with E-state index in [9.17, 15) is 24.0 Å². The third-order valence-electron chi connectivity index (χ3n) is 11.9. The van der Waals surface area contributed by atoms with E-state index in [1.165, 1.54) is 0 Å². The summed E-state index contributed by atoms with van der Waals surface area (Å²) in [5, 5.41) is 26.2. The number of ether oxygens (including phenoxy) is 2. The zero-order valence-corrected chi connectivity index (χ0v) is 37.1. The van der Waals surface area contributed by atoms with Crippen LogP contribution in [-0.4, -0.2) is 98.4 Å². The Morgan fingerprint density at radius 3 is 2.19 bits per heavy atom. The Morgan fingerprint density at radius 2 is 1.54 bits per heavy atom. The Bertz CT molecular complexity index is 2280. The van der Waals surface area contributed by atoms with Crippen LogP contribution in [0.15, 0.2) is 66.7 Å². The number of aromatic amines is 1. The number of anilines is 1. The monoisotopic (exact) mass is 861 g/mol. The van der Waals surface area contributed by atoms with Crippen LogP contribution in [0.2, 0.25) is 0 Å². The normalized spacial score (nSPS) is 21.1. The van der Waals surface area contributed by atoms with Gasteiger partial charge in [0, 0.05) is 66.7 Å². The average molecular weight is 862 g/mol. The molecule has 2 heterocycles. The molecule has 2 unspecified atom stereocenters. The van der Waals surface area contributed by atoms with Gasteiger partial charge in [0.05, 0.1) is 0 Å². The van der Waals surface area contributed by atoms with Crippen molar-refractivity contribution in [3.63, 3.8) is 0 Å². The molecule has 1 aromatic heterocycles. The van der Waals surface area contributed by atoms with E-state index in [4.69, 9.17) is 9.47 Å². The Kier molecular flexibility index (Phi) is 13.2. The topological polar surface area (TPSA) is 210 Å². The lowest BCUT2D eigenvalue weighted by atomic mass is 9.81. The molecule has 0 bridgehead atoms. The van der Waals surface area contributed by atoms with Gasteiger partial charge in [-0.15, -0.1) is 10.2 Å². The van der Waals surface area contributed by atoms with Crippen molar-refractivity contribution in [2.24, 2.45) is 23.7 Å². The number of tetrazole rings is 1. The van der Waals surface area contributed by atoms with Crippen molar-refractivity contribution in [3.8, 4) is 22.5 Å². The van der Waals surface area contributed by atoms with Gasteiger partial charge in [0.25, 0.3) is 5.91 Å². The molecule has 0 radical (unpaired) electrons. The molecule has 7 rings (SSSR count). The van der Waals surface area contributed by atoms with E-state index in [1.807, 2.05) is 90.9 Å². The molecule has 5 N–H and O–H groups in total. The molecule has 1 aliphatic heterocycles. The van der Waals surface area contributed by atoms with Gasteiger partial charge in [0.1, 0.15) is 17.2 Å². The van der Waals surface area contributed by atoms with E-state index in [1.54, 1.807) is 29.2 Å². The summed E-state index contributed by atoms with van der Waals surface area (Å²) in [6.07, 6.45) is 2.20. The number of aromatic nitrogens is 4. The SMILES string of the molecule is Cc1ccc(C(=O)NC2C3CN(C(=O)OC(C)(C)C)CC32)cc1-c1cccc(C[C@H](NC(=O)C2CCC(CNC(=O)OC(C)(C)C)CC2)C(=O)Nc2ccc(-c3nn[nH]n3)cc2)c1. The van der Waals surface area contributed by atoms with Gasteiger partial charge in [-0.1, -0.05) is 30.3 Å². The molecule has 2 saturated carbocycles. The molecule has 2 aliphatic carbocycles. The standard InChI is InChI=1S/C47H59N9O7/c1-27-11-14-33(42(58)51-39-36-25-56(26-37(36)39)45(61)63-47(5,6)7)23-35(27)32-10-8-9-29(21-32)22-38(43(59)49-34-19-17-30(18-20-34)40-52-54-55-53-40)50-41(57)31-15-12-28(13-16-31)24-48-44(60)62-46(2,3)4/h8-11,14,17-21,23,28,31,36-39H,12-13,15-16,22,24-26H2,1-7H3,(H,48,60)(H,49,59)(H,50,57)(H,51,58)(H,52,53,54,55)/t28?,31?,36?,37?,38-,39?/m0/s1. The van der Waals surface area contributed by atoms with Crippen LogP contribution in [0, 0.1) is 30.6 Å². The van der Waals surface area contributed by atoms with Crippen molar-refractivity contribution in [3.05, 3.63) is 83.4 Å². The highest BCUT2D eigenvalue weighted by molar-refractivity contribution is 5.98. The Hall–Kier alpha value is -6.32. The molecule has 3 fully saturated rings. The highest BCUT2D eigenvalue weighted by Crippen LogP contribution is 2.46. The zero-order chi connectivity index (χ0) is 45.1. The van der Waals surface area contributed by atoms with Gasteiger partial charge < -0.3 is 35.6 Å². The van der Waals surface area contributed by atoms with Gasteiger partial charge in [0.2, 0.25) is 17.6 Å². The molecular weight excluding hydrogens is 803 g/mol. The van der Waals surface area contributed by atoms with Gasteiger partial charge in [-0.3, -0.25) is 14.4 Å². The number of piperidine rings is 1. The number of fused-ring (bicyclic) bond motifs is 1. The quantitative estimate of drug-likeness (QED) is 0.105. The summed E-state index contributed by atoms with van der Waals surface area (Å²) in [6.45, 7) is 14.6. The van der Waals surface area contributed by atoms with E-state index < -0.39 is 23.3 Å². The van der Waals surface area contributed by atoms with E-state index in [-0.39, 0.29) is 59.9 Å². The summed E-state index contributed by atoms with van der Waals surface area (Å²) in [5.41, 5.74) is 4.19. The molecule has 16 heteroatoms. The number of aryl methyl sites for hydroxylation is 1. The molecule has 4 aromatic rings. The first-order chi connectivity index (χ1) is 29.9. The van der Waals surface area contributed by atoms with Crippen LogP contribution in [0.3, 0.4) is 0 Å². The highest BCUT2D eigenvalue weighted by Gasteiger charge is 2.58. The minimum Gasteiger partial charge on any atom is -0.444 e. The number of hydrogen-bond donors (Lipinski definition) is 5. The number of rotatable bonds is 12. The van der Waals surface area contributed by atoms with E-state index in [0.717, 1.165) is 40.7 Å². The van der Waals surface area contributed by atoms with Crippen LogP contribution in [-0.2, 0) is 25.5 Å². The lowest BCUT2D eigenvalue weighted by Gasteiger charge is -2.29. The third-order valence-corrected chi connectivity index (χ3v) is 11.9. The average Bonchev–Trinajstić information content (AvgIpc) is 3.59. The van der Waals surface area contributed by atoms with E-state index in [0.29, 0.717) is 49.6 Å². The maximum absolute atomic E-state index is 14.1. The third kappa shape index (κ3) is 11.8. The number of carbonyl (C=O) groups is 5. The molecule has 5 amide bonds. The van der Waals surface area contributed by atoms with Gasteiger partial charge in [-0.25, -0.2) is 9.59 Å². The first kappa shape index (κ1) is 44.7. The number of amides is 5. The van der Waals surface area contributed by atoms with Crippen LogP contribution in [0.5, 0.6) is 0 Å². The number of hydrogen-bond acceptors (Lipinski definition) is 10. The molecule has 16 nitrogen and oxygen atoms in total. The largest absolute Gasteiger partial charge is 0.444 e. The maximum Gasteiger partial charge on any atom is 0.410 e. The summed E-state index contributed by atoms with van der Waals surface area (Å²) in [4.78, 5) is 68.0. The van der Waals surface area contributed by atoms with Crippen molar-refractivity contribution in [2.75, 3.05) is 25.0 Å². The fourth-order valence-corrected chi connectivity index (χ4v) is 8.51. The predicted octanol–water partition coefficient (Wildman–Crippen LogP) is 6.43. The van der Waals surface area contributed by atoms with Crippen LogP contribution in [0.1, 0.15) is 88.7 Å². The zero-order valence-electron chi connectivity index (χ0n) is 37.1. The second kappa shape index (κ2) is 18.6. The summed E-state index contributed by atoms with van der Waals surface area (Å²) in [6, 6.07) is 19.6. The van der Waals surface area contributed by atoms with Crippen molar-refractivity contribution in [2.45, 2.75) is 104 Å². The Balaban J connectivity index is 1.01. The van der Waals surface area contributed by atoms with E-state index >= 15 is 0 Å². The van der Waals surface area contributed by atoms with E-state index in [2.05, 4.69) is 41.9 Å². The van der Waals surface area contributed by atoms with Gasteiger partial charge in [-0.05, 0) is 144 Å². The summed E-state index contributed by atoms with van der Waals surface area (Å²) in [7, 11) is 0. The molecule has 334 valence electrons. The molecule has 3 aliphatic rings. The number of nitrogens with one attached hydrogen (secondary N) is 5. The second-order valence-electron chi connectivity index (χ2n) is 19.1. The molecular formula is C47H59N9O7. The number of alkyl carbamates (subject to hydrolysis) is 1. The number of likely N-dealkylation sites (tertiary alicyclic amines) is 1. The molecule has 3 atom stereocenters. The van der Waals surface area contributed by atoms with Gasteiger partial charge in [0.15, 0.2) is 0 Å². The van der Waals surface area contributed by atoms with Crippen LogP contribution in [0.25, 0.3) is 22.5 Å². The van der Waals surface area contributed by atoms with Crippen molar-refractivity contribution in [1.29, 1.82) is 0 Å². The lowest BCUT2D eigenvalue weighted by molar-refractivity contribution is -0.130. The first-order valence-electron chi connectivity index (χ1n) is 21.8. The smallest absolute Gasteiger partial charge is 0.410 e. The Labute approximate surface area is 368 Å². The summed E-state index contributed by atoms with van der Waals surface area (Å²) >= 11 is 0. The number of carbonyl (C=O) groups excluding carboxylic acids is 5. The molecule has 63 heavy (non-hydrogen) atoms. The van der Waals surface area contributed by atoms with Crippen molar-refractivity contribution in [1.82, 2.24) is 41.5 Å². The summed E-state index contributed by atoms with van der Waals surface area (Å²) in [5.74, 6) is 0.0309. The lowest BCUT2D eigenvalue weighted by Crippen LogP contribution is -2.48. The highest BCUT2D eigenvalue weighted by atomic mass is 16.6. The second-order valence-corrected chi connectivity index (χ2v) is 19.1.